The highest BCUT2D eigenvalue weighted by Crippen LogP contribution is 2.24. The summed E-state index contributed by atoms with van der Waals surface area (Å²) in [5.74, 6) is 0.0103. The molecule has 3 aromatic rings. The number of nitrogens with zero attached hydrogens (tertiary/aromatic N) is 4. The van der Waals surface area contributed by atoms with Crippen LogP contribution in [0, 0.1) is 0 Å². The molecular formula is C15H14N4O. The van der Waals surface area contributed by atoms with Crippen molar-refractivity contribution in [3.63, 3.8) is 0 Å². The van der Waals surface area contributed by atoms with Gasteiger partial charge in [0.15, 0.2) is 5.78 Å². The summed E-state index contributed by atoms with van der Waals surface area (Å²) >= 11 is 0. The van der Waals surface area contributed by atoms with Crippen molar-refractivity contribution in [2.75, 3.05) is 0 Å². The van der Waals surface area contributed by atoms with Crippen LogP contribution >= 0.6 is 0 Å². The Morgan fingerprint density at radius 2 is 1.90 bits per heavy atom. The molecule has 1 aromatic carbocycles. The second-order valence-electron chi connectivity index (χ2n) is 4.58. The molecular weight excluding hydrogens is 252 g/mol. The van der Waals surface area contributed by atoms with Crippen LogP contribution in [0.1, 0.15) is 17.4 Å². The topological polar surface area (TPSA) is 52.7 Å². The smallest absolute Gasteiger partial charge is 0.178 e. The van der Waals surface area contributed by atoms with Crippen LogP contribution in [0.25, 0.3) is 16.8 Å². The Morgan fingerprint density at radius 1 is 1.15 bits per heavy atom. The third-order valence-corrected chi connectivity index (χ3v) is 3.22. The second-order valence-corrected chi connectivity index (χ2v) is 4.58. The summed E-state index contributed by atoms with van der Waals surface area (Å²) in [7, 11) is 1.78. The largest absolute Gasteiger partial charge is 0.293 e. The van der Waals surface area contributed by atoms with Crippen LogP contribution in [-0.2, 0) is 7.05 Å². The molecule has 0 fully saturated rings. The lowest BCUT2D eigenvalue weighted by atomic mass is 10.0. The van der Waals surface area contributed by atoms with Crippen LogP contribution < -0.4 is 0 Å². The molecule has 3 rings (SSSR count). The van der Waals surface area contributed by atoms with E-state index >= 15 is 0 Å². The van der Waals surface area contributed by atoms with Gasteiger partial charge in [-0.1, -0.05) is 12.1 Å². The molecule has 0 spiro atoms. The van der Waals surface area contributed by atoms with Crippen molar-refractivity contribution in [2.24, 2.45) is 7.05 Å². The number of carbonyl (C=O) groups is 1. The molecule has 0 aliphatic rings. The minimum Gasteiger partial charge on any atom is -0.293 e. The molecule has 20 heavy (non-hydrogen) atoms. The Hall–Kier alpha value is -2.69. The zero-order valence-corrected chi connectivity index (χ0v) is 11.3. The van der Waals surface area contributed by atoms with E-state index in [0.717, 1.165) is 16.8 Å². The molecule has 0 saturated heterocycles. The lowest BCUT2D eigenvalue weighted by Crippen LogP contribution is -2.04. The number of benzene rings is 1. The maximum Gasteiger partial charge on any atom is 0.178 e. The van der Waals surface area contributed by atoms with Crippen molar-refractivity contribution in [3.8, 4) is 16.8 Å². The van der Waals surface area contributed by atoms with Gasteiger partial charge in [-0.25, -0.2) is 4.68 Å². The Labute approximate surface area is 116 Å². The van der Waals surface area contributed by atoms with Crippen LogP contribution in [0.5, 0.6) is 0 Å². The summed E-state index contributed by atoms with van der Waals surface area (Å²) in [4.78, 5) is 11.7. The molecule has 0 amide bonds. The number of carbonyl (C=O) groups excluding carboxylic acids is 1. The monoisotopic (exact) mass is 266 g/mol. The van der Waals surface area contributed by atoms with Crippen LogP contribution in [0.3, 0.4) is 0 Å². The van der Waals surface area contributed by atoms with Crippen LogP contribution in [0.4, 0.5) is 0 Å². The van der Waals surface area contributed by atoms with Gasteiger partial charge in [-0.3, -0.25) is 9.48 Å². The highest BCUT2D eigenvalue weighted by Gasteiger charge is 2.14. The number of hydrogen-bond donors (Lipinski definition) is 0. The van der Waals surface area contributed by atoms with Crippen LogP contribution in [-0.4, -0.2) is 25.3 Å². The Morgan fingerprint density at radius 3 is 2.50 bits per heavy atom. The van der Waals surface area contributed by atoms with Crippen molar-refractivity contribution in [2.45, 2.75) is 6.92 Å². The van der Waals surface area contributed by atoms with Crippen LogP contribution in [0.2, 0.25) is 0 Å². The Balaban J connectivity index is 2.02. The molecule has 0 atom stereocenters. The van der Waals surface area contributed by atoms with E-state index in [1.165, 1.54) is 0 Å². The molecule has 100 valence electrons. The first-order valence-corrected chi connectivity index (χ1v) is 6.30. The van der Waals surface area contributed by atoms with E-state index in [9.17, 15) is 4.79 Å². The second kappa shape index (κ2) is 4.77. The fourth-order valence-corrected chi connectivity index (χ4v) is 2.28. The van der Waals surface area contributed by atoms with Crippen LogP contribution in [0.15, 0.2) is 48.9 Å². The van der Waals surface area contributed by atoms with Gasteiger partial charge < -0.3 is 0 Å². The molecule has 0 aliphatic carbocycles. The summed E-state index contributed by atoms with van der Waals surface area (Å²) in [6.45, 7) is 1.55. The molecule has 0 N–H and O–H groups in total. The van der Waals surface area contributed by atoms with Crippen molar-refractivity contribution >= 4 is 5.78 Å². The van der Waals surface area contributed by atoms with Crippen molar-refractivity contribution in [1.29, 1.82) is 0 Å². The van der Waals surface area contributed by atoms with E-state index < -0.39 is 0 Å². The number of aryl methyl sites for hydroxylation is 1. The van der Waals surface area contributed by atoms with E-state index in [2.05, 4.69) is 10.2 Å². The highest BCUT2D eigenvalue weighted by molar-refractivity contribution is 5.99. The zero-order chi connectivity index (χ0) is 14.1. The van der Waals surface area contributed by atoms with Crippen molar-refractivity contribution in [1.82, 2.24) is 19.6 Å². The first-order valence-electron chi connectivity index (χ1n) is 6.30. The number of aromatic nitrogens is 4. The summed E-state index contributed by atoms with van der Waals surface area (Å²) in [5.41, 5.74) is 3.43. The first-order chi connectivity index (χ1) is 9.66. The van der Waals surface area contributed by atoms with Gasteiger partial charge in [0.05, 0.1) is 11.9 Å². The third-order valence-electron chi connectivity index (χ3n) is 3.22. The quantitative estimate of drug-likeness (QED) is 0.684. The van der Waals surface area contributed by atoms with E-state index in [-0.39, 0.29) is 5.78 Å². The number of rotatable bonds is 3. The maximum absolute atomic E-state index is 11.7. The lowest BCUT2D eigenvalue weighted by Gasteiger charge is -2.05. The standard InChI is InChI=1S/C15H14N4O/c1-11(20)15-14(10-17-18(15)2)12-4-6-13(7-5-12)19-9-3-8-16-19/h3-10H,1-2H3. The summed E-state index contributed by atoms with van der Waals surface area (Å²) in [5, 5.41) is 8.35. The molecule has 0 saturated carbocycles. The predicted octanol–water partition coefficient (Wildman–Crippen LogP) is 2.48. The molecule has 0 bridgehead atoms. The average Bonchev–Trinajstić information content (AvgIpc) is 3.08. The number of Topliss-reactive ketones (excluding diaryl/α,β-unsaturated/α-hetero) is 1. The SMILES string of the molecule is CC(=O)c1c(-c2ccc(-n3cccn3)cc2)cnn1C. The van der Waals surface area contributed by atoms with Crippen molar-refractivity contribution < 1.29 is 4.79 Å². The normalized spacial score (nSPS) is 10.7. The molecule has 0 unspecified atom stereocenters. The van der Waals surface area contributed by atoms with Gasteiger partial charge in [0, 0.05) is 31.9 Å². The molecule has 0 aliphatic heterocycles. The van der Waals surface area contributed by atoms with Gasteiger partial charge in [0.1, 0.15) is 5.69 Å². The molecule has 5 heteroatoms. The number of hydrogen-bond acceptors (Lipinski definition) is 3. The fourth-order valence-electron chi connectivity index (χ4n) is 2.28. The maximum atomic E-state index is 11.7. The van der Waals surface area contributed by atoms with E-state index in [4.69, 9.17) is 0 Å². The van der Waals surface area contributed by atoms with Gasteiger partial charge in [-0.2, -0.15) is 10.2 Å². The van der Waals surface area contributed by atoms with E-state index in [1.54, 1.807) is 35.7 Å². The third kappa shape index (κ3) is 2.03. The minimum atomic E-state index is 0.0103. The van der Waals surface area contributed by atoms with Gasteiger partial charge >= 0.3 is 0 Å². The summed E-state index contributed by atoms with van der Waals surface area (Å²) in [6.07, 6.45) is 5.35. The molecule has 5 nitrogen and oxygen atoms in total. The van der Waals surface area contributed by atoms with Gasteiger partial charge in [0.25, 0.3) is 0 Å². The molecule has 2 heterocycles. The Bertz CT molecular complexity index is 739. The summed E-state index contributed by atoms with van der Waals surface area (Å²) < 4.78 is 3.40. The minimum absolute atomic E-state index is 0.0103. The predicted molar refractivity (Wildman–Crippen MR) is 75.8 cm³/mol. The van der Waals surface area contributed by atoms with E-state index in [1.807, 2.05) is 36.5 Å². The molecule has 2 aromatic heterocycles. The van der Waals surface area contributed by atoms with Gasteiger partial charge in [-0.05, 0) is 23.8 Å². The van der Waals surface area contributed by atoms with Gasteiger partial charge in [-0.15, -0.1) is 0 Å². The Kier molecular flexibility index (Phi) is 2.95. The van der Waals surface area contributed by atoms with Crippen molar-refractivity contribution in [3.05, 3.63) is 54.6 Å². The molecule has 0 radical (unpaired) electrons. The van der Waals surface area contributed by atoms with Gasteiger partial charge in [0.2, 0.25) is 0 Å². The lowest BCUT2D eigenvalue weighted by molar-refractivity contribution is 0.100. The van der Waals surface area contributed by atoms with E-state index in [0.29, 0.717) is 5.69 Å². The fraction of sp³-hybridized carbons (Fsp3) is 0.133. The number of ketones is 1. The summed E-state index contributed by atoms with van der Waals surface area (Å²) in [6, 6.07) is 9.77. The first kappa shape index (κ1) is 12.3. The average molecular weight is 266 g/mol. The highest BCUT2D eigenvalue weighted by atomic mass is 16.1. The zero-order valence-electron chi connectivity index (χ0n) is 11.3.